The zero-order chi connectivity index (χ0) is 31.6. The van der Waals surface area contributed by atoms with Gasteiger partial charge in [-0.25, -0.2) is 9.59 Å². The van der Waals surface area contributed by atoms with Gasteiger partial charge in [0, 0.05) is 12.2 Å². The normalized spacial score (nSPS) is 17.0. The Labute approximate surface area is 260 Å². The molecule has 0 bridgehead atoms. The Hall–Kier alpha value is -3.94. The number of carbonyl (C=O) groups is 4. The largest absolute Gasteiger partial charge is 0.480 e. The fourth-order valence-electron chi connectivity index (χ4n) is 5.67. The van der Waals surface area contributed by atoms with Crippen LogP contribution < -0.4 is 0 Å². The third kappa shape index (κ3) is 11.6. The molecule has 1 atom stereocenters. The molecule has 0 amide bonds. The summed E-state index contributed by atoms with van der Waals surface area (Å²) in [6.45, 7) is 1.94. The van der Waals surface area contributed by atoms with Crippen LogP contribution in [0.4, 0.5) is 0 Å². The molecule has 0 aromatic heterocycles. The number of rotatable bonds is 12. The highest BCUT2D eigenvalue weighted by atomic mass is 16.6. The number of benzene rings is 2. The van der Waals surface area contributed by atoms with Crippen molar-refractivity contribution in [2.24, 2.45) is 5.41 Å². The van der Waals surface area contributed by atoms with Gasteiger partial charge >= 0.3 is 23.9 Å². The Morgan fingerprint density at radius 1 is 0.727 bits per heavy atom. The third-order valence-electron chi connectivity index (χ3n) is 8.06. The molecular weight excluding hydrogens is 560 g/mol. The predicted molar refractivity (Wildman–Crippen MR) is 166 cm³/mol. The average molecular weight is 607 g/mol. The standard InChI is InChI=1S/C20H22O4.C16H24O4/c1-2-13-20(18(21)22,14-16-9-5-3-6-10-16)19(23)24-15-17-11-7-4-8-12-17;17-15(19-13-7-3-1-4-8-13)11-12-16(18)20-14-9-5-2-6-10-14/h3-12H,2,13-15H2,1H3,(H,21,22);11-14H,1-10H2/b;12-11-. The second-order valence-electron chi connectivity index (χ2n) is 11.6. The summed E-state index contributed by atoms with van der Waals surface area (Å²) in [5.74, 6) is -2.68. The first-order valence-corrected chi connectivity index (χ1v) is 15.9. The molecule has 2 aromatic carbocycles. The molecule has 0 spiro atoms. The molecule has 4 rings (SSSR count). The van der Waals surface area contributed by atoms with Gasteiger partial charge in [-0.15, -0.1) is 0 Å². The van der Waals surface area contributed by atoms with Gasteiger partial charge in [0.25, 0.3) is 0 Å². The molecule has 1 unspecified atom stereocenters. The summed E-state index contributed by atoms with van der Waals surface area (Å²) in [6.07, 6.45) is 14.0. The van der Waals surface area contributed by atoms with Crippen molar-refractivity contribution in [3.63, 3.8) is 0 Å². The van der Waals surface area contributed by atoms with Crippen LogP contribution in [0.2, 0.25) is 0 Å². The van der Waals surface area contributed by atoms with Crippen LogP contribution >= 0.6 is 0 Å². The van der Waals surface area contributed by atoms with Crippen molar-refractivity contribution < 1.29 is 38.5 Å². The summed E-state index contributed by atoms with van der Waals surface area (Å²) >= 11 is 0. The Balaban J connectivity index is 0.000000244. The van der Waals surface area contributed by atoms with Gasteiger partial charge in [-0.1, -0.05) is 86.8 Å². The number of ether oxygens (including phenoxy) is 3. The number of carbonyl (C=O) groups excluding carboxylic acids is 3. The van der Waals surface area contributed by atoms with E-state index in [0.717, 1.165) is 62.5 Å². The number of hydrogen-bond donors (Lipinski definition) is 1. The summed E-state index contributed by atoms with van der Waals surface area (Å²) in [5, 5.41) is 9.78. The lowest BCUT2D eigenvalue weighted by Gasteiger charge is -2.27. The minimum atomic E-state index is -1.55. The van der Waals surface area contributed by atoms with Crippen LogP contribution in [-0.4, -0.2) is 41.2 Å². The molecule has 0 heterocycles. The minimum absolute atomic E-state index is 0.0234. The van der Waals surface area contributed by atoms with E-state index in [1.165, 1.54) is 25.0 Å². The van der Waals surface area contributed by atoms with E-state index in [-0.39, 0.29) is 31.7 Å². The van der Waals surface area contributed by atoms with Crippen molar-refractivity contribution in [2.75, 3.05) is 0 Å². The summed E-state index contributed by atoms with van der Waals surface area (Å²) < 4.78 is 16.0. The van der Waals surface area contributed by atoms with Gasteiger partial charge < -0.3 is 19.3 Å². The van der Waals surface area contributed by atoms with Gasteiger partial charge in [-0.3, -0.25) is 9.59 Å². The topological polar surface area (TPSA) is 116 Å². The van der Waals surface area contributed by atoms with Crippen LogP contribution in [0.3, 0.4) is 0 Å². The molecule has 8 nitrogen and oxygen atoms in total. The Morgan fingerprint density at radius 3 is 1.61 bits per heavy atom. The molecule has 0 saturated heterocycles. The number of esters is 3. The molecule has 238 valence electrons. The molecule has 2 aliphatic carbocycles. The van der Waals surface area contributed by atoms with E-state index in [4.69, 9.17) is 14.2 Å². The maximum atomic E-state index is 12.7. The minimum Gasteiger partial charge on any atom is -0.480 e. The maximum absolute atomic E-state index is 12.7. The SMILES string of the molecule is CCCC(Cc1ccccc1)(C(=O)O)C(=O)OCc1ccccc1.O=C(/C=C\C(=O)OC1CCCCC1)OC1CCCCC1. The molecule has 8 heteroatoms. The molecule has 0 radical (unpaired) electrons. The monoisotopic (exact) mass is 606 g/mol. The van der Waals surface area contributed by atoms with E-state index < -0.39 is 29.3 Å². The quantitative estimate of drug-likeness (QED) is 0.117. The van der Waals surface area contributed by atoms with Crippen LogP contribution in [0.1, 0.15) is 95.1 Å². The summed E-state index contributed by atoms with van der Waals surface area (Å²) in [4.78, 5) is 47.8. The van der Waals surface area contributed by atoms with Gasteiger partial charge in [-0.2, -0.15) is 0 Å². The van der Waals surface area contributed by atoms with Gasteiger partial charge in [0.1, 0.15) is 18.8 Å². The van der Waals surface area contributed by atoms with Crippen molar-refractivity contribution >= 4 is 23.9 Å². The Kier molecular flexibility index (Phi) is 14.7. The fraction of sp³-hybridized carbons (Fsp3) is 0.500. The number of carboxylic acids is 1. The average Bonchev–Trinajstić information content (AvgIpc) is 3.04. The maximum Gasteiger partial charge on any atom is 0.331 e. The van der Waals surface area contributed by atoms with Gasteiger partial charge in [-0.05, 0) is 75.3 Å². The van der Waals surface area contributed by atoms with Crippen molar-refractivity contribution in [3.05, 3.63) is 83.9 Å². The Morgan fingerprint density at radius 2 is 1.18 bits per heavy atom. The summed E-state index contributed by atoms with van der Waals surface area (Å²) in [5.41, 5.74) is 0.0941. The van der Waals surface area contributed by atoms with Crippen molar-refractivity contribution in [1.82, 2.24) is 0 Å². The lowest BCUT2D eigenvalue weighted by Crippen LogP contribution is -2.42. The van der Waals surface area contributed by atoms with E-state index in [0.29, 0.717) is 6.42 Å². The van der Waals surface area contributed by atoms with Crippen LogP contribution in [-0.2, 0) is 46.4 Å². The number of aliphatic carboxylic acids is 1. The number of carboxylic acid groups (broad SMARTS) is 1. The molecule has 44 heavy (non-hydrogen) atoms. The number of hydrogen-bond acceptors (Lipinski definition) is 7. The third-order valence-corrected chi connectivity index (χ3v) is 8.06. The van der Waals surface area contributed by atoms with Gasteiger partial charge in [0.2, 0.25) is 0 Å². The highest BCUT2D eigenvalue weighted by Gasteiger charge is 2.47. The molecule has 2 fully saturated rings. The zero-order valence-corrected chi connectivity index (χ0v) is 25.8. The highest BCUT2D eigenvalue weighted by Crippen LogP contribution is 2.32. The van der Waals surface area contributed by atoms with E-state index in [1.54, 1.807) is 0 Å². The van der Waals surface area contributed by atoms with Crippen LogP contribution in [0.25, 0.3) is 0 Å². The summed E-state index contributed by atoms with van der Waals surface area (Å²) in [7, 11) is 0. The molecule has 1 N–H and O–H groups in total. The lowest BCUT2D eigenvalue weighted by atomic mass is 9.78. The van der Waals surface area contributed by atoms with Crippen molar-refractivity contribution in [1.29, 1.82) is 0 Å². The first kappa shape index (κ1) is 34.5. The molecule has 0 aliphatic heterocycles. The second kappa shape index (κ2) is 18.7. The lowest BCUT2D eigenvalue weighted by molar-refractivity contribution is -0.170. The summed E-state index contributed by atoms with van der Waals surface area (Å²) in [6, 6.07) is 18.5. The smallest absolute Gasteiger partial charge is 0.331 e. The van der Waals surface area contributed by atoms with Crippen LogP contribution in [0.15, 0.2) is 72.8 Å². The Bertz CT molecular complexity index is 1160. The van der Waals surface area contributed by atoms with E-state index >= 15 is 0 Å². The molecule has 2 aromatic rings. The first-order chi connectivity index (χ1) is 21.3. The van der Waals surface area contributed by atoms with Crippen molar-refractivity contribution in [2.45, 2.75) is 109 Å². The van der Waals surface area contributed by atoms with Crippen LogP contribution in [0, 0.1) is 5.41 Å². The van der Waals surface area contributed by atoms with Gasteiger partial charge in [0.15, 0.2) is 5.41 Å². The zero-order valence-electron chi connectivity index (χ0n) is 25.8. The molecular formula is C36H46O8. The fourth-order valence-corrected chi connectivity index (χ4v) is 5.67. The first-order valence-electron chi connectivity index (χ1n) is 15.9. The van der Waals surface area contributed by atoms with Gasteiger partial charge in [0.05, 0.1) is 0 Å². The molecule has 2 saturated carbocycles. The molecule has 2 aliphatic rings. The van der Waals surface area contributed by atoms with Crippen LogP contribution in [0.5, 0.6) is 0 Å². The highest BCUT2D eigenvalue weighted by molar-refractivity contribution is 5.99. The van der Waals surface area contributed by atoms with E-state index in [9.17, 15) is 24.3 Å². The second-order valence-corrected chi connectivity index (χ2v) is 11.6. The van der Waals surface area contributed by atoms with Crippen molar-refractivity contribution in [3.8, 4) is 0 Å². The predicted octanol–water partition coefficient (Wildman–Crippen LogP) is 7.14. The van der Waals surface area contributed by atoms with E-state index in [1.807, 2.05) is 67.6 Å². The van der Waals surface area contributed by atoms with E-state index in [2.05, 4.69) is 0 Å².